The maximum atomic E-state index is 12.0. The molecule has 0 aliphatic heterocycles. The molecule has 6 heteroatoms. The quantitative estimate of drug-likeness (QED) is 0.488. The molecule has 2 bridgehead atoms. The Balaban J connectivity index is 1.49. The van der Waals surface area contributed by atoms with Gasteiger partial charge in [-0.2, -0.15) is 0 Å². The molecule has 0 N–H and O–H groups in total. The molecule has 5 nitrogen and oxygen atoms in total. The molecule has 0 spiro atoms. The fraction of sp³-hybridized carbons (Fsp3) is 0.357. The lowest BCUT2D eigenvalue weighted by Crippen LogP contribution is -2.29. The van der Waals surface area contributed by atoms with Crippen LogP contribution in [0.3, 0.4) is 0 Å². The van der Waals surface area contributed by atoms with Crippen LogP contribution in [0.5, 0.6) is 0 Å². The molecule has 0 radical (unpaired) electrons. The highest BCUT2D eigenvalue weighted by Crippen LogP contribution is 2.78. The molecule has 4 aliphatic carbocycles. The largest absolute Gasteiger partial charge is 0.453 e. The van der Waals surface area contributed by atoms with E-state index in [-0.39, 0.29) is 11.8 Å². The van der Waals surface area contributed by atoms with E-state index < -0.39 is 10.9 Å². The topological polar surface area (TPSA) is 69.4 Å². The van der Waals surface area contributed by atoms with E-state index in [9.17, 15) is 14.9 Å². The zero-order valence-electron chi connectivity index (χ0n) is 10.2. The molecule has 1 aromatic rings. The van der Waals surface area contributed by atoms with Crippen molar-refractivity contribution in [3.63, 3.8) is 0 Å². The summed E-state index contributed by atoms with van der Waals surface area (Å²) in [5, 5.41) is 11.2. The number of nitro benzene ring substituents is 1. The summed E-state index contributed by atoms with van der Waals surface area (Å²) in [5.74, 6) is 1.84. The van der Waals surface area contributed by atoms with Crippen LogP contribution in [0, 0.1) is 33.8 Å². The Morgan fingerprint density at radius 2 is 1.85 bits per heavy atom. The molecule has 4 aliphatic rings. The Morgan fingerprint density at radius 3 is 2.45 bits per heavy atom. The Labute approximate surface area is 119 Å². The van der Waals surface area contributed by atoms with Crippen molar-refractivity contribution < 1.29 is 14.5 Å². The van der Waals surface area contributed by atoms with Gasteiger partial charge < -0.3 is 4.74 Å². The SMILES string of the molecule is O=C(OC1C(Cl)=CC2C3C1C23)c1ccc([N+](=O)[O-])cc1. The summed E-state index contributed by atoms with van der Waals surface area (Å²) < 4.78 is 5.45. The fourth-order valence-corrected chi connectivity index (χ4v) is 3.60. The van der Waals surface area contributed by atoms with E-state index in [0.29, 0.717) is 34.3 Å². The predicted molar refractivity (Wildman–Crippen MR) is 70.2 cm³/mol. The highest BCUT2D eigenvalue weighted by Gasteiger charge is 2.77. The Kier molecular flexibility index (Phi) is 2.27. The number of esters is 1. The Bertz CT molecular complexity index is 644. The van der Waals surface area contributed by atoms with Gasteiger partial charge in [0, 0.05) is 18.1 Å². The molecule has 0 amide bonds. The van der Waals surface area contributed by atoms with E-state index in [2.05, 4.69) is 0 Å². The molecule has 0 saturated heterocycles. The second kappa shape index (κ2) is 3.82. The van der Waals surface area contributed by atoms with Gasteiger partial charge in [-0.3, -0.25) is 10.1 Å². The number of non-ortho nitro benzene ring substituents is 1. The molecule has 0 aromatic heterocycles. The predicted octanol–water partition coefficient (Wildman–Crippen LogP) is 2.75. The summed E-state index contributed by atoms with van der Waals surface area (Å²) in [5.41, 5.74) is 0.250. The van der Waals surface area contributed by atoms with Gasteiger partial charge in [0.25, 0.3) is 5.69 Å². The summed E-state index contributed by atoms with van der Waals surface area (Å²) in [4.78, 5) is 22.1. The number of hydrogen-bond acceptors (Lipinski definition) is 4. The van der Waals surface area contributed by atoms with E-state index >= 15 is 0 Å². The van der Waals surface area contributed by atoms with Crippen molar-refractivity contribution >= 4 is 23.3 Å². The third kappa shape index (κ3) is 1.59. The van der Waals surface area contributed by atoms with E-state index in [1.54, 1.807) is 0 Å². The number of nitrogens with zero attached hydrogens (tertiary/aromatic N) is 1. The van der Waals surface area contributed by atoms with Crippen LogP contribution >= 0.6 is 11.6 Å². The number of fused-ring (bicyclic) bond motifs is 1. The smallest absolute Gasteiger partial charge is 0.338 e. The van der Waals surface area contributed by atoms with Gasteiger partial charge >= 0.3 is 5.97 Å². The lowest BCUT2D eigenvalue weighted by Gasteiger charge is -2.26. The molecule has 5 rings (SSSR count). The first kappa shape index (κ1) is 11.9. The third-order valence-corrected chi connectivity index (χ3v) is 4.80. The van der Waals surface area contributed by atoms with Crippen LogP contribution in [0.1, 0.15) is 10.4 Å². The molecule has 1 aromatic carbocycles. The third-order valence-electron chi connectivity index (χ3n) is 4.46. The van der Waals surface area contributed by atoms with E-state index in [0.717, 1.165) is 0 Å². The summed E-state index contributed by atoms with van der Waals surface area (Å²) in [6.07, 6.45) is 1.66. The highest BCUT2D eigenvalue weighted by molar-refractivity contribution is 6.30. The average Bonchev–Trinajstić information content (AvgIpc) is 3.32. The molecule has 20 heavy (non-hydrogen) atoms. The van der Waals surface area contributed by atoms with E-state index in [1.165, 1.54) is 24.3 Å². The standard InChI is InChI=1S/C14H10ClNO4/c15-9-5-8-10-11(8)12(10)13(9)20-14(17)6-1-3-7(4-2-6)16(18)19/h1-5,8,10-13H. The first-order chi connectivity index (χ1) is 9.58. The number of carbonyl (C=O) groups is 1. The van der Waals surface area contributed by atoms with E-state index in [1.807, 2.05) is 6.08 Å². The Hall–Kier alpha value is -1.88. The number of carbonyl (C=O) groups excluding carboxylic acids is 1. The maximum Gasteiger partial charge on any atom is 0.338 e. The van der Waals surface area contributed by atoms with Crippen LogP contribution in [0.25, 0.3) is 0 Å². The zero-order chi connectivity index (χ0) is 14.0. The average molecular weight is 292 g/mol. The molecule has 102 valence electrons. The van der Waals surface area contributed by atoms with Crippen molar-refractivity contribution in [1.82, 2.24) is 0 Å². The van der Waals surface area contributed by atoms with Crippen molar-refractivity contribution in [1.29, 1.82) is 0 Å². The Morgan fingerprint density at radius 1 is 1.20 bits per heavy atom. The van der Waals surface area contributed by atoms with Crippen LogP contribution in [-0.4, -0.2) is 17.0 Å². The van der Waals surface area contributed by atoms with Gasteiger partial charge in [-0.1, -0.05) is 17.7 Å². The van der Waals surface area contributed by atoms with Crippen LogP contribution < -0.4 is 0 Å². The van der Waals surface area contributed by atoms with Gasteiger partial charge in [-0.05, 0) is 29.9 Å². The van der Waals surface area contributed by atoms with Crippen LogP contribution in [0.4, 0.5) is 5.69 Å². The van der Waals surface area contributed by atoms with Crippen molar-refractivity contribution in [2.24, 2.45) is 23.7 Å². The summed E-state index contributed by atoms with van der Waals surface area (Å²) >= 11 is 6.11. The molecule has 2 saturated carbocycles. The van der Waals surface area contributed by atoms with Crippen LogP contribution in [-0.2, 0) is 4.74 Å². The number of nitro groups is 1. The van der Waals surface area contributed by atoms with Crippen molar-refractivity contribution in [3.8, 4) is 0 Å². The number of ether oxygens (including phenoxy) is 1. The second-order valence-corrected chi connectivity index (χ2v) is 5.93. The summed E-state index contributed by atoms with van der Waals surface area (Å²) in [7, 11) is 0. The lowest BCUT2D eigenvalue weighted by atomic mass is 9.92. The van der Waals surface area contributed by atoms with Gasteiger partial charge in [-0.25, -0.2) is 4.79 Å². The van der Waals surface area contributed by atoms with Gasteiger partial charge in [0.05, 0.1) is 15.5 Å². The molecule has 0 heterocycles. The molecular weight excluding hydrogens is 282 g/mol. The second-order valence-electron chi connectivity index (χ2n) is 5.49. The lowest BCUT2D eigenvalue weighted by molar-refractivity contribution is -0.384. The normalized spacial score (nSPS) is 35.6. The number of benzene rings is 1. The fourth-order valence-electron chi connectivity index (χ4n) is 3.26. The van der Waals surface area contributed by atoms with Gasteiger partial charge in [0.15, 0.2) is 0 Å². The van der Waals surface area contributed by atoms with Crippen LogP contribution in [0.2, 0.25) is 0 Å². The van der Waals surface area contributed by atoms with Crippen molar-refractivity contribution in [2.45, 2.75) is 6.10 Å². The zero-order valence-corrected chi connectivity index (χ0v) is 11.0. The number of rotatable bonds is 3. The first-order valence-corrected chi connectivity index (χ1v) is 6.78. The monoisotopic (exact) mass is 291 g/mol. The van der Waals surface area contributed by atoms with E-state index in [4.69, 9.17) is 16.3 Å². The number of hydrogen-bond donors (Lipinski definition) is 0. The van der Waals surface area contributed by atoms with Crippen molar-refractivity contribution in [3.05, 3.63) is 51.1 Å². The van der Waals surface area contributed by atoms with Gasteiger partial charge in [-0.15, -0.1) is 0 Å². The molecule has 2 fully saturated rings. The van der Waals surface area contributed by atoms with Gasteiger partial charge in [0.2, 0.25) is 0 Å². The molecule has 3 atom stereocenters. The highest BCUT2D eigenvalue weighted by atomic mass is 35.5. The minimum atomic E-state index is -0.506. The maximum absolute atomic E-state index is 12.0. The molecule has 3 unspecified atom stereocenters. The van der Waals surface area contributed by atoms with Gasteiger partial charge in [0.1, 0.15) is 6.10 Å². The molecular formula is C14H10ClNO4. The summed E-state index contributed by atoms with van der Waals surface area (Å²) in [6.45, 7) is 0. The van der Waals surface area contributed by atoms with Crippen LogP contribution in [0.15, 0.2) is 35.4 Å². The number of allylic oxidation sites excluding steroid dienone is 1. The number of halogens is 1. The van der Waals surface area contributed by atoms with Crippen molar-refractivity contribution in [2.75, 3.05) is 0 Å². The minimum absolute atomic E-state index is 0.0524. The first-order valence-electron chi connectivity index (χ1n) is 6.40. The summed E-state index contributed by atoms with van der Waals surface area (Å²) in [6, 6.07) is 5.38. The minimum Gasteiger partial charge on any atom is -0.453 e.